The second-order valence-electron chi connectivity index (χ2n) is 4.87. The highest BCUT2D eigenvalue weighted by Gasteiger charge is 2.22. The molecule has 1 N–H and O–H groups in total. The van der Waals surface area contributed by atoms with Gasteiger partial charge in [0.25, 0.3) is 0 Å². The van der Waals surface area contributed by atoms with Crippen molar-refractivity contribution in [3.8, 4) is 5.88 Å². The van der Waals surface area contributed by atoms with E-state index in [9.17, 15) is 0 Å². The van der Waals surface area contributed by atoms with E-state index in [0.29, 0.717) is 5.88 Å². The number of hydrogen-bond acceptors (Lipinski definition) is 4. The van der Waals surface area contributed by atoms with Crippen molar-refractivity contribution in [3.05, 3.63) is 17.8 Å². The Kier molecular flexibility index (Phi) is 4.31. The molecule has 4 heteroatoms. The normalized spacial score (nSPS) is 23.9. The van der Waals surface area contributed by atoms with E-state index in [1.54, 1.807) is 7.11 Å². The monoisotopic (exact) mass is 235 g/mol. The minimum absolute atomic E-state index is 0.568. The van der Waals surface area contributed by atoms with Gasteiger partial charge in [0, 0.05) is 12.6 Å². The van der Waals surface area contributed by atoms with E-state index < -0.39 is 0 Å². The van der Waals surface area contributed by atoms with Crippen LogP contribution in [0.3, 0.4) is 0 Å². The van der Waals surface area contributed by atoms with Crippen molar-refractivity contribution in [1.82, 2.24) is 15.5 Å². The summed E-state index contributed by atoms with van der Waals surface area (Å²) in [6.07, 6.45) is 4.13. The molecule has 1 heterocycles. The van der Waals surface area contributed by atoms with Crippen molar-refractivity contribution in [2.75, 3.05) is 13.7 Å². The van der Waals surface area contributed by atoms with Crippen molar-refractivity contribution in [3.63, 3.8) is 0 Å². The molecule has 0 aliphatic heterocycles. The summed E-state index contributed by atoms with van der Waals surface area (Å²) < 4.78 is 4.97. The number of methoxy groups -OCH3 is 1. The lowest BCUT2D eigenvalue weighted by atomic mass is 9.98. The Labute approximate surface area is 103 Å². The Bertz CT molecular complexity index is 339. The summed E-state index contributed by atoms with van der Waals surface area (Å²) in [5.41, 5.74) is 0.969. The zero-order valence-electron chi connectivity index (χ0n) is 10.6. The third-order valence-corrected chi connectivity index (χ3v) is 3.66. The van der Waals surface area contributed by atoms with Gasteiger partial charge in [0.2, 0.25) is 5.88 Å². The van der Waals surface area contributed by atoms with Crippen LogP contribution in [0.5, 0.6) is 5.88 Å². The molecule has 94 valence electrons. The molecule has 2 unspecified atom stereocenters. The Balaban J connectivity index is 1.73. The summed E-state index contributed by atoms with van der Waals surface area (Å²) in [5, 5.41) is 11.5. The maximum absolute atomic E-state index is 4.97. The van der Waals surface area contributed by atoms with Gasteiger partial charge in [-0.3, -0.25) is 0 Å². The Hall–Kier alpha value is -1.16. The SMILES string of the molecule is COc1ccc(CNCC2CCCC2C)nn1. The molecule has 2 atom stereocenters. The molecule has 1 aliphatic rings. The molecule has 0 bridgehead atoms. The number of hydrogen-bond donors (Lipinski definition) is 1. The molecule has 2 rings (SSSR count). The van der Waals surface area contributed by atoms with Gasteiger partial charge < -0.3 is 10.1 Å². The third-order valence-electron chi connectivity index (χ3n) is 3.66. The van der Waals surface area contributed by atoms with Gasteiger partial charge in [-0.05, 0) is 30.9 Å². The first-order valence-corrected chi connectivity index (χ1v) is 6.37. The lowest BCUT2D eigenvalue weighted by Crippen LogP contribution is -2.24. The van der Waals surface area contributed by atoms with E-state index >= 15 is 0 Å². The van der Waals surface area contributed by atoms with Crippen LogP contribution < -0.4 is 10.1 Å². The number of ether oxygens (including phenoxy) is 1. The fourth-order valence-electron chi connectivity index (χ4n) is 2.46. The fourth-order valence-corrected chi connectivity index (χ4v) is 2.46. The predicted octanol–water partition coefficient (Wildman–Crippen LogP) is 2.01. The van der Waals surface area contributed by atoms with Crippen LogP contribution >= 0.6 is 0 Å². The average Bonchev–Trinajstić information content (AvgIpc) is 2.76. The van der Waals surface area contributed by atoms with Crippen molar-refractivity contribution in [2.45, 2.75) is 32.7 Å². The topological polar surface area (TPSA) is 47.0 Å². The minimum Gasteiger partial charge on any atom is -0.480 e. The van der Waals surface area contributed by atoms with Crippen molar-refractivity contribution >= 4 is 0 Å². The van der Waals surface area contributed by atoms with E-state index in [0.717, 1.165) is 30.6 Å². The van der Waals surface area contributed by atoms with Crippen LogP contribution in [-0.4, -0.2) is 23.9 Å². The van der Waals surface area contributed by atoms with Gasteiger partial charge in [0.1, 0.15) is 0 Å². The molecule has 1 aromatic heterocycles. The maximum Gasteiger partial charge on any atom is 0.233 e. The molecule has 0 saturated heterocycles. The van der Waals surface area contributed by atoms with E-state index in [4.69, 9.17) is 4.74 Å². The summed E-state index contributed by atoms with van der Waals surface area (Å²) in [4.78, 5) is 0. The molecule has 0 spiro atoms. The van der Waals surface area contributed by atoms with Crippen molar-refractivity contribution in [1.29, 1.82) is 0 Å². The number of rotatable bonds is 5. The summed E-state index contributed by atoms with van der Waals surface area (Å²) >= 11 is 0. The zero-order chi connectivity index (χ0) is 12.1. The first-order valence-electron chi connectivity index (χ1n) is 6.37. The molecular weight excluding hydrogens is 214 g/mol. The van der Waals surface area contributed by atoms with Crippen LogP contribution in [0.15, 0.2) is 12.1 Å². The summed E-state index contributed by atoms with van der Waals surface area (Å²) in [6.45, 7) is 4.24. The molecule has 1 fully saturated rings. The van der Waals surface area contributed by atoms with E-state index in [2.05, 4.69) is 22.4 Å². The largest absolute Gasteiger partial charge is 0.480 e. The summed E-state index contributed by atoms with van der Waals surface area (Å²) in [5.74, 6) is 2.27. The molecular formula is C13H21N3O. The molecule has 0 aromatic carbocycles. The first kappa shape index (κ1) is 12.3. The van der Waals surface area contributed by atoms with Gasteiger partial charge in [-0.2, -0.15) is 5.10 Å². The zero-order valence-corrected chi connectivity index (χ0v) is 10.6. The van der Waals surface area contributed by atoms with Crippen LogP contribution in [0, 0.1) is 11.8 Å². The van der Waals surface area contributed by atoms with Crippen molar-refractivity contribution < 1.29 is 4.74 Å². The van der Waals surface area contributed by atoms with Crippen LogP contribution in [0.1, 0.15) is 31.9 Å². The number of nitrogens with one attached hydrogen (secondary N) is 1. The lowest BCUT2D eigenvalue weighted by molar-refractivity contribution is 0.384. The molecule has 1 aliphatic carbocycles. The second kappa shape index (κ2) is 5.96. The Morgan fingerprint density at radius 3 is 2.82 bits per heavy atom. The van der Waals surface area contributed by atoms with Gasteiger partial charge >= 0.3 is 0 Å². The van der Waals surface area contributed by atoms with Crippen LogP contribution in [0.2, 0.25) is 0 Å². The fraction of sp³-hybridized carbons (Fsp3) is 0.692. The van der Waals surface area contributed by atoms with Crippen LogP contribution in [0.25, 0.3) is 0 Å². The standard InChI is InChI=1S/C13H21N3O/c1-10-4-3-5-11(10)8-14-9-12-6-7-13(17-2)16-15-12/h6-7,10-11,14H,3-5,8-9H2,1-2H3. The molecule has 17 heavy (non-hydrogen) atoms. The lowest BCUT2D eigenvalue weighted by Gasteiger charge is -2.15. The summed E-state index contributed by atoms with van der Waals surface area (Å²) in [7, 11) is 1.60. The highest BCUT2D eigenvalue weighted by atomic mass is 16.5. The Morgan fingerprint density at radius 1 is 1.35 bits per heavy atom. The number of aromatic nitrogens is 2. The highest BCUT2D eigenvalue weighted by Crippen LogP contribution is 2.30. The molecule has 1 saturated carbocycles. The van der Waals surface area contributed by atoms with Crippen molar-refractivity contribution in [2.24, 2.45) is 11.8 Å². The number of nitrogens with zero attached hydrogens (tertiary/aromatic N) is 2. The quantitative estimate of drug-likeness (QED) is 0.848. The van der Waals surface area contributed by atoms with E-state index in [1.807, 2.05) is 12.1 Å². The molecule has 4 nitrogen and oxygen atoms in total. The maximum atomic E-state index is 4.97. The first-order chi connectivity index (χ1) is 8.29. The predicted molar refractivity (Wildman–Crippen MR) is 66.8 cm³/mol. The highest BCUT2D eigenvalue weighted by molar-refractivity contribution is 5.11. The van der Waals surface area contributed by atoms with Gasteiger partial charge in [0.05, 0.1) is 12.8 Å². The molecule has 0 amide bonds. The van der Waals surface area contributed by atoms with Gasteiger partial charge in [0.15, 0.2) is 0 Å². The summed E-state index contributed by atoms with van der Waals surface area (Å²) in [6, 6.07) is 3.80. The van der Waals surface area contributed by atoms with Crippen LogP contribution in [0.4, 0.5) is 0 Å². The van der Waals surface area contributed by atoms with Gasteiger partial charge in [-0.1, -0.05) is 19.8 Å². The van der Waals surface area contributed by atoms with E-state index in [1.165, 1.54) is 19.3 Å². The van der Waals surface area contributed by atoms with Crippen LogP contribution in [-0.2, 0) is 6.54 Å². The molecule has 0 radical (unpaired) electrons. The smallest absolute Gasteiger partial charge is 0.233 e. The second-order valence-corrected chi connectivity index (χ2v) is 4.87. The third kappa shape index (κ3) is 3.40. The van der Waals surface area contributed by atoms with E-state index in [-0.39, 0.29) is 0 Å². The van der Waals surface area contributed by atoms with Gasteiger partial charge in [-0.25, -0.2) is 0 Å². The average molecular weight is 235 g/mol. The Morgan fingerprint density at radius 2 is 2.24 bits per heavy atom. The minimum atomic E-state index is 0.568. The van der Waals surface area contributed by atoms with Gasteiger partial charge in [-0.15, -0.1) is 5.10 Å². The molecule has 1 aromatic rings.